The first-order chi connectivity index (χ1) is 9.69. The molecule has 0 saturated carbocycles. The van der Waals surface area contributed by atoms with Gasteiger partial charge in [-0.2, -0.15) is 0 Å². The normalized spacial score (nSPS) is 10.6. The van der Waals surface area contributed by atoms with Gasteiger partial charge in [0.05, 0.1) is 11.9 Å². The van der Waals surface area contributed by atoms with Crippen molar-refractivity contribution < 1.29 is 0 Å². The molecule has 4 nitrogen and oxygen atoms in total. The number of hydrogen-bond donors (Lipinski definition) is 1. The van der Waals surface area contributed by atoms with Gasteiger partial charge >= 0.3 is 0 Å². The van der Waals surface area contributed by atoms with Crippen LogP contribution in [0.5, 0.6) is 0 Å². The van der Waals surface area contributed by atoms with Crippen molar-refractivity contribution in [3.63, 3.8) is 0 Å². The van der Waals surface area contributed by atoms with E-state index in [-0.39, 0.29) is 0 Å². The van der Waals surface area contributed by atoms with Crippen molar-refractivity contribution in [3.8, 4) is 0 Å². The predicted octanol–water partition coefficient (Wildman–Crippen LogP) is 2.99. The number of nitrogens with zero attached hydrogens (tertiary/aromatic N) is 3. The maximum Gasteiger partial charge on any atom is 0.147 e. The fourth-order valence-electron chi connectivity index (χ4n) is 1.86. The Balaban J connectivity index is 2.04. The van der Waals surface area contributed by atoms with Crippen molar-refractivity contribution in [3.05, 3.63) is 52.4 Å². The first-order valence-electron chi connectivity index (χ1n) is 6.66. The average Bonchev–Trinajstić information content (AvgIpc) is 2.48. The van der Waals surface area contributed by atoms with E-state index in [1.54, 1.807) is 12.4 Å². The standard InChI is InChI=1S/C15H19BrN4/c1-3-17-8-14-9-18-10-15(19-14)20(2)11-12-4-6-13(16)7-5-12/h4-7,9-10,17H,3,8,11H2,1-2H3. The second kappa shape index (κ2) is 7.36. The maximum absolute atomic E-state index is 4.62. The first kappa shape index (κ1) is 14.9. The quantitative estimate of drug-likeness (QED) is 0.881. The largest absolute Gasteiger partial charge is 0.354 e. The summed E-state index contributed by atoms with van der Waals surface area (Å²) in [6.07, 6.45) is 3.61. The highest BCUT2D eigenvalue weighted by atomic mass is 79.9. The summed E-state index contributed by atoms with van der Waals surface area (Å²) < 4.78 is 1.09. The molecule has 0 saturated heterocycles. The van der Waals surface area contributed by atoms with E-state index in [1.165, 1.54) is 5.56 Å². The summed E-state index contributed by atoms with van der Waals surface area (Å²) in [5, 5.41) is 3.26. The van der Waals surface area contributed by atoms with E-state index in [2.05, 4.69) is 67.3 Å². The van der Waals surface area contributed by atoms with Crippen LogP contribution in [0.4, 0.5) is 5.82 Å². The third-order valence-corrected chi connectivity index (χ3v) is 3.48. The lowest BCUT2D eigenvalue weighted by Crippen LogP contribution is -2.20. The van der Waals surface area contributed by atoms with Crippen LogP contribution >= 0.6 is 15.9 Å². The van der Waals surface area contributed by atoms with Gasteiger partial charge in [-0.15, -0.1) is 0 Å². The van der Waals surface area contributed by atoms with Crippen molar-refractivity contribution >= 4 is 21.7 Å². The van der Waals surface area contributed by atoms with E-state index >= 15 is 0 Å². The number of anilines is 1. The van der Waals surface area contributed by atoms with Gasteiger partial charge in [0, 0.05) is 30.8 Å². The molecule has 0 aliphatic heterocycles. The van der Waals surface area contributed by atoms with E-state index in [4.69, 9.17) is 0 Å². The molecule has 0 radical (unpaired) electrons. The smallest absolute Gasteiger partial charge is 0.147 e. The van der Waals surface area contributed by atoms with Crippen molar-refractivity contribution in [2.75, 3.05) is 18.5 Å². The number of halogens is 1. The summed E-state index contributed by atoms with van der Waals surface area (Å²) >= 11 is 3.45. The summed E-state index contributed by atoms with van der Waals surface area (Å²) in [6, 6.07) is 8.32. The molecule has 1 aromatic heterocycles. The molecule has 0 aliphatic rings. The maximum atomic E-state index is 4.62. The zero-order chi connectivity index (χ0) is 14.4. The Morgan fingerprint density at radius 1 is 1.20 bits per heavy atom. The van der Waals surface area contributed by atoms with E-state index in [0.29, 0.717) is 0 Å². The summed E-state index contributed by atoms with van der Waals surface area (Å²) in [6.45, 7) is 4.58. The summed E-state index contributed by atoms with van der Waals surface area (Å²) in [5.74, 6) is 0.892. The Kier molecular flexibility index (Phi) is 5.49. The topological polar surface area (TPSA) is 41.1 Å². The van der Waals surface area contributed by atoms with Crippen molar-refractivity contribution in [2.45, 2.75) is 20.0 Å². The number of benzene rings is 1. The van der Waals surface area contributed by atoms with Crippen LogP contribution in [0.15, 0.2) is 41.1 Å². The molecule has 1 aromatic carbocycles. The molecule has 2 rings (SSSR count). The Hall–Kier alpha value is -1.46. The van der Waals surface area contributed by atoms with Gasteiger partial charge in [-0.25, -0.2) is 4.98 Å². The molecule has 0 aliphatic carbocycles. The molecule has 0 fully saturated rings. The van der Waals surface area contributed by atoms with Gasteiger partial charge < -0.3 is 10.2 Å². The summed E-state index contributed by atoms with van der Waals surface area (Å²) in [5.41, 5.74) is 2.21. The molecule has 0 unspecified atom stereocenters. The molecule has 0 amide bonds. The van der Waals surface area contributed by atoms with Crippen molar-refractivity contribution in [1.82, 2.24) is 15.3 Å². The fourth-order valence-corrected chi connectivity index (χ4v) is 2.13. The third kappa shape index (κ3) is 4.28. The van der Waals surface area contributed by atoms with Crippen LogP contribution in [-0.2, 0) is 13.1 Å². The zero-order valence-corrected chi connectivity index (χ0v) is 13.4. The van der Waals surface area contributed by atoms with Crippen LogP contribution in [0.25, 0.3) is 0 Å². The lowest BCUT2D eigenvalue weighted by molar-refractivity contribution is 0.704. The van der Waals surface area contributed by atoms with E-state index in [9.17, 15) is 0 Å². The van der Waals surface area contributed by atoms with Crippen LogP contribution < -0.4 is 10.2 Å². The Morgan fingerprint density at radius 3 is 2.65 bits per heavy atom. The summed E-state index contributed by atoms with van der Waals surface area (Å²) in [7, 11) is 2.03. The van der Waals surface area contributed by atoms with E-state index in [0.717, 1.165) is 35.6 Å². The van der Waals surface area contributed by atoms with Gasteiger partial charge in [-0.3, -0.25) is 4.98 Å². The zero-order valence-electron chi connectivity index (χ0n) is 11.8. The van der Waals surface area contributed by atoms with E-state index in [1.807, 2.05) is 7.05 Å². The highest BCUT2D eigenvalue weighted by molar-refractivity contribution is 9.10. The highest BCUT2D eigenvalue weighted by Gasteiger charge is 2.05. The number of nitrogens with one attached hydrogen (secondary N) is 1. The number of aromatic nitrogens is 2. The van der Waals surface area contributed by atoms with Crippen LogP contribution in [0, 0.1) is 0 Å². The number of rotatable bonds is 6. The second-order valence-corrected chi connectivity index (χ2v) is 5.55. The van der Waals surface area contributed by atoms with E-state index < -0.39 is 0 Å². The molecule has 20 heavy (non-hydrogen) atoms. The predicted molar refractivity (Wildman–Crippen MR) is 85.7 cm³/mol. The summed E-state index contributed by atoms with van der Waals surface area (Å²) in [4.78, 5) is 11.0. The molecule has 0 atom stereocenters. The van der Waals surface area contributed by atoms with Crippen LogP contribution in [0.3, 0.4) is 0 Å². The van der Waals surface area contributed by atoms with Gasteiger partial charge in [0.25, 0.3) is 0 Å². The van der Waals surface area contributed by atoms with Gasteiger partial charge in [0.15, 0.2) is 0 Å². The molecule has 0 spiro atoms. The van der Waals surface area contributed by atoms with Crippen LogP contribution in [-0.4, -0.2) is 23.6 Å². The Labute approximate surface area is 128 Å². The second-order valence-electron chi connectivity index (χ2n) is 4.63. The highest BCUT2D eigenvalue weighted by Crippen LogP contribution is 2.15. The van der Waals surface area contributed by atoms with Gasteiger partial charge in [0.1, 0.15) is 5.82 Å². The van der Waals surface area contributed by atoms with Gasteiger partial charge in [0.2, 0.25) is 0 Å². The van der Waals surface area contributed by atoms with Crippen LogP contribution in [0.2, 0.25) is 0 Å². The molecule has 106 valence electrons. The monoisotopic (exact) mass is 334 g/mol. The third-order valence-electron chi connectivity index (χ3n) is 2.95. The molecule has 1 N–H and O–H groups in total. The fraction of sp³-hybridized carbons (Fsp3) is 0.333. The molecule has 2 aromatic rings. The van der Waals surface area contributed by atoms with Crippen LogP contribution in [0.1, 0.15) is 18.2 Å². The molecule has 5 heteroatoms. The Bertz CT molecular complexity index is 542. The minimum absolute atomic E-state index is 0.753. The lowest BCUT2D eigenvalue weighted by Gasteiger charge is -2.18. The lowest BCUT2D eigenvalue weighted by atomic mass is 10.2. The molecule has 0 bridgehead atoms. The first-order valence-corrected chi connectivity index (χ1v) is 7.45. The van der Waals surface area contributed by atoms with Crippen molar-refractivity contribution in [1.29, 1.82) is 0 Å². The molecular weight excluding hydrogens is 316 g/mol. The minimum atomic E-state index is 0.753. The van der Waals surface area contributed by atoms with Gasteiger partial charge in [-0.1, -0.05) is 35.0 Å². The SMILES string of the molecule is CCNCc1cncc(N(C)Cc2ccc(Br)cc2)n1. The Morgan fingerprint density at radius 2 is 1.95 bits per heavy atom. The minimum Gasteiger partial charge on any atom is -0.354 e. The van der Waals surface area contributed by atoms with Crippen molar-refractivity contribution in [2.24, 2.45) is 0 Å². The average molecular weight is 335 g/mol. The van der Waals surface area contributed by atoms with Gasteiger partial charge in [-0.05, 0) is 24.2 Å². The molecule has 1 heterocycles. The molecular formula is C15H19BrN4. The number of hydrogen-bond acceptors (Lipinski definition) is 4.